The molecule has 0 aliphatic heterocycles. The molecule has 0 aliphatic rings. The first kappa shape index (κ1) is 23.9. The third-order valence-electron chi connectivity index (χ3n) is 4.99. The molecule has 0 fully saturated rings. The number of amides is 1. The van der Waals surface area contributed by atoms with E-state index in [9.17, 15) is 9.00 Å². The summed E-state index contributed by atoms with van der Waals surface area (Å²) < 4.78 is 22.7. The van der Waals surface area contributed by atoms with Gasteiger partial charge in [-0.1, -0.05) is 33.8 Å². The van der Waals surface area contributed by atoms with E-state index >= 15 is 0 Å². The molecular formula is C21H30N6O4S. The molecule has 3 aromatic rings. The Kier molecular flexibility index (Phi) is 7.32. The maximum absolute atomic E-state index is 12.5. The molecule has 0 saturated heterocycles. The van der Waals surface area contributed by atoms with E-state index in [-0.39, 0.29) is 30.4 Å². The first-order valence-corrected chi connectivity index (χ1v) is 11.5. The van der Waals surface area contributed by atoms with Crippen LogP contribution >= 0.6 is 0 Å². The molecule has 11 heteroatoms. The molecule has 2 unspecified atom stereocenters. The number of nitrogens with one attached hydrogen (secondary N) is 3. The molecule has 0 saturated carbocycles. The van der Waals surface area contributed by atoms with Crippen molar-refractivity contribution in [3.05, 3.63) is 46.9 Å². The molecule has 32 heavy (non-hydrogen) atoms. The number of aliphatic hydroxyl groups is 1. The topological polar surface area (TPSA) is 134 Å². The lowest BCUT2D eigenvalue weighted by Gasteiger charge is -2.15. The summed E-state index contributed by atoms with van der Waals surface area (Å²) in [5.74, 6) is 0.622. The van der Waals surface area contributed by atoms with Crippen LogP contribution in [0.3, 0.4) is 0 Å². The summed E-state index contributed by atoms with van der Waals surface area (Å²) in [5.41, 5.74) is 2.84. The van der Waals surface area contributed by atoms with E-state index in [4.69, 9.17) is 9.29 Å². The lowest BCUT2D eigenvalue weighted by Crippen LogP contribution is -2.28. The van der Waals surface area contributed by atoms with E-state index < -0.39 is 11.3 Å². The maximum Gasteiger partial charge on any atom is 0.288 e. The largest absolute Gasteiger partial charge is 0.395 e. The summed E-state index contributed by atoms with van der Waals surface area (Å²) >= 11 is -1.82. The van der Waals surface area contributed by atoms with Gasteiger partial charge in [-0.05, 0) is 24.6 Å². The fourth-order valence-electron chi connectivity index (χ4n) is 3.00. The Morgan fingerprint density at radius 3 is 2.75 bits per heavy atom. The van der Waals surface area contributed by atoms with Gasteiger partial charge in [0.05, 0.1) is 6.61 Å². The molecular weight excluding hydrogens is 432 g/mol. The average molecular weight is 463 g/mol. The van der Waals surface area contributed by atoms with Gasteiger partial charge in [0, 0.05) is 41.7 Å². The van der Waals surface area contributed by atoms with Gasteiger partial charge in [-0.2, -0.15) is 4.21 Å². The minimum atomic E-state index is -1.82. The number of carbonyl (C=O) groups is 1. The number of carbonyl (C=O) groups excluding carboxylic acids is 1. The van der Waals surface area contributed by atoms with Gasteiger partial charge in [-0.3, -0.25) is 9.89 Å². The number of aromatic amines is 1. The number of hydrogen-bond donors (Lipinski definition) is 4. The lowest BCUT2D eigenvalue weighted by molar-refractivity contribution is 0.0944. The third kappa shape index (κ3) is 5.53. The summed E-state index contributed by atoms with van der Waals surface area (Å²) in [6.45, 7) is 10.4. The molecule has 2 atom stereocenters. The van der Waals surface area contributed by atoms with Crippen LogP contribution in [0.1, 0.15) is 61.1 Å². The fourth-order valence-corrected chi connectivity index (χ4v) is 3.79. The molecule has 1 aromatic carbocycles. The molecule has 3 rings (SSSR count). The maximum atomic E-state index is 12.5. The minimum absolute atomic E-state index is 0.0454. The standard InChI is InChI=1S/C21H30N6O4S/c1-13-6-7-15(20(29)22-8-9-28)10-16(13)31-32(30)23-12-14(2)19-25-24-18-11-17(21(3,4)5)26-27(18)19/h6-7,10-11,14,23,26,28H,8-9,12H2,1-5H3,(H,22,29). The monoisotopic (exact) mass is 462 g/mol. The number of nitrogens with zero attached hydrogens (tertiary/aromatic N) is 3. The first-order valence-electron chi connectivity index (χ1n) is 10.4. The van der Waals surface area contributed by atoms with Crippen LogP contribution in [0.4, 0.5) is 0 Å². The van der Waals surface area contributed by atoms with Crippen molar-refractivity contribution >= 4 is 22.8 Å². The number of aliphatic hydroxyl groups excluding tert-OH is 1. The molecule has 1 amide bonds. The van der Waals surface area contributed by atoms with Crippen LogP contribution in [0.5, 0.6) is 5.75 Å². The summed E-state index contributed by atoms with van der Waals surface area (Å²) in [7, 11) is 0. The van der Waals surface area contributed by atoms with Crippen molar-refractivity contribution < 1.29 is 18.3 Å². The van der Waals surface area contributed by atoms with Crippen molar-refractivity contribution in [3.8, 4) is 5.75 Å². The molecule has 10 nitrogen and oxygen atoms in total. The minimum Gasteiger partial charge on any atom is -0.395 e. The van der Waals surface area contributed by atoms with Gasteiger partial charge in [-0.15, -0.1) is 10.2 Å². The highest BCUT2D eigenvalue weighted by Gasteiger charge is 2.21. The second-order valence-corrected chi connectivity index (χ2v) is 9.62. The van der Waals surface area contributed by atoms with E-state index in [0.717, 1.165) is 22.7 Å². The molecule has 2 heterocycles. The Bertz CT molecular complexity index is 1120. The number of aryl methyl sites for hydroxylation is 1. The van der Waals surface area contributed by atoms with Crippen LogP contribution in [0, 0.1) is 6.92 Å². The lowest BCUT2D eigenvalue weighted by atomic mass is 9.93. The Morgan fingerprint density at radius 2 is 2.06 bits per heavy atom. The quantitative estimate of drug-likeness (QED) is 0.383. The van der Waals surface area contributed by atoms with Crippen molar-refractivity contribution in [1.82, 2.24) is 29.9 Å². The smallest absolute Gasteiger partial charge is 0.288 e. The molecule has 0 spiro atoms. The second-order valence-electron chi connectivity index (χ2n) is 8.70. The highest BCUT2D eigenvalue weighted by atomic mass is 32.2. The van der Waals surface area contributed by atoms with E-state index in [1.165, 1.54) is 6.07 Å². The summed E-state index contributed by atoms with van der Waals surface area (Å²) in [4.78, 5) is 12.1. The molecule has 0 bridgehead atoms. The van der Waals surface area contributed by atoms with Crippen LogP contribution in [-0.2, 0) is 16.7 Å². The number of rotatable bonds is 9. The molecule has 0 radical (unpaired) electrons. The Balaban J connectivity index is 1.63. The Hall–Kier alpha value is -2.76. The van der Waals surface area contributed by atoms with Gasteiger partial charge in [0.1, 0.15) is 5.75 Å². The molecule has 4 N–H and O–H groups in total. The molecule has 0 aliphatic carbocycles. The van der Waals surface area contributed by atoms with Crippen molar-refractivity contribution in [2.45, 2.75) is 46.0 Å². The third-order valence-corrected chi connectivity index (χ3v) is 5.72. The van der Waals surface area contributed by atoms with E-state index in [1.54, 1.807) is 19.1 Å². The highest BCUT2D eigenvalue weighted by molar-refractivity contribution is 7.78. The highest BCUT2D eigenvalue weighted by Crippen LogP contribution is 2.24. The fraction of sp³-hybridized carbons (Fsp3) is 0.476. The number of hydrogen-bond acceptors (Lipinski definition) is 6. The van der Waals surface area contributed by atoms with Crippen molar-refractivity contribution in [3.63, 3.8) is 0 Å². The predicted molar refractivity (Wildman–Crippen MR) is 122 cm³/mol. The van der Waals surface area contributed by atoms with Gasteiger partial charge in [0.15, 0.2) is 11.5 Å². The number of H-pyrrole nitrogens is 1. The van der Waals surface area contributed by atoms with Crippen LogP contribution < -0.4 is 14.2 Å². The second kappa shape index (κ2) is 9.80. The van der Waals surface area contributed by atoms with Gasteiger partial charge in [-0.25, -0.2) is 9.24 Å². The molecule has 174 valence electrons. The van der Waals surface area contributed by atoms with E-state index in [0.29, 0.717) is 17.9 Å². The van der Waals surface area contributed by atoms with Crippen molar-refractivity contribution in [1.29, 1.82) is 0 Å². The normalized spacial score (nSPS) is 13.8. The zero-order chi connectivity index (χ0) is 23.5. The van der Waals surface area contributed by atoms with E-state index in [2.05, 4.69) is 46.1 Å². The van der Waals surface area contributed by atoms with Gasteiger partial charge in [0.25, 0.3) is 17.2 Å². The molecule has 2 aromatic heterocycles. The van der Waals surface area contributed by atoms with E-state index in [1.807, 2.05) is 17.5 Å². The summed E-state index contributed by atoms with van der Waals surface area (Å²) in [5, 5.41) is 23.2. The number of aromatic nitrogens is 4. The summed E-state index contributed by atoms with van der Waals surface area (Å²) in [6, 6.07) is 6.87. The first-order chi connectivity index (χ1) is 15.1. The zero-order valence-electron chi connectivity index (χ0n) is 18.9. The number of benzene rings is 1. The number of fused-ring (bicyclic) bond motifs is 1. The average Bonchev–Trinajstić information content (AvgIpc) is 3.32. The predicted octanol–water partition coefficient (Wildman–Crippen LogP) is 1.74. The van der Waals surface area contributed by atoms with Crippen LogP contribution in [0.2, 0.25) is 0 Å². The zero-order valence-corrected chi connectivity index (χ0v) is 19.7. The SMILES string of the molecule is Cc1ccc(C(=O)NCCO)cc1OS(=O)NCC(C)c1nnc2cc(C(C)(C)C)[nH]n12. The Morgan fingerprint density at radius 1 is 1.31 bits per heavy atom. The van der Waals surface area contributed by atoms with Crippen molar-refractivity contribution in [2.24, 2.45) is 0 Å². The van der Waals surface area contributed by atoms with Crippen LogP contribution in [0.25, 0.3) is 5.65 Å². The van der Waals surface area contributed by atoms with Gasteiger partial charge in [0.2, 0.25) is 0 Å². The van der Waals surface area contributed by atoms with Crippen LogP contribution in [0.15, 0.2) is 24.3 Å². The van der Waals surface area contributed by atoms with Gasteiger partial charge >= 0.3 is 0 Å². The Labute approximate surface area is 189 Å². The van der Waals surface area contributed by atoms with Crippen molar-refractivity contribution in [2.75, 3.05) is 19.7 Å². The van der Waals surface area contributed by atoms with Crippen LogP contribution in [-0.4, -0.2) is 54.7 Å². The summed E-state index contributed by atoms with van der Waals surface area (Å²) in [6.07, 6.45) is 0. The van der Waals surface area contributed by atoms with Gasteiger partial charge < -0.3 is 14.6 Å².